The van der Waals surface area contributed by atoms with Crippen LogP contribution in [0.1, 0.15) is 33.1 Å². The molecule has 0 heterocycles. The number of hydrogen-bond donors (Lipinski definition) is 2. The van der Waals surface area contributed by atoms with E-state index in [-0.39, 0.29) is 18.4 Å². The zero-order valence-electron chi connectivity index (χ0n) is 11.4. The molecule has 2 unspecified atom stereocenters. The van der Waals surface area contributed by atoms with Crippen molar-refractivity contribution in [3.05, 3.63) is 11.6 Å². The largest absolute Gasteiger partial charge is 0.481 e. The van der Waals surface area contributed by atoms with Crippen LogP contribution in [0, 0.1) is 11.8 Å². The predicted molar refractivity (Wildman–Crippen MR) is 67.5 cm³/mol. The minimum Gasteiger partial charge on any atom is -0.481 e. The van der Waals surface area contributed by atoms with Crippen LogP contribution in [0.2, 0.25) is 0 Å². The Morgan fingerprint density at radius 3 is 2.05 bits per heavy atom. The maximum Gasteiger partial charge on any atom is 0.331 e. The first-order chi connectivity index (χ1) is 8.88. The van der Waals surface area contributed by atoms with Crippen molar-refractivity contribution in [1.29, 1.82) is 0 Å². The van der Waals surface area contributed by atoms with Gasteiger partial charge in [0, 0.05) is 5.57 Å². The van der Waals surface area contributed by atoms with Crippen LogP contribution < -0.4 is 0 Å². The molecule has 0 fully saturated rings. The third-order valence-electron chi connectivity index (χ3n) is 2.91. The van der Waals surface area contributed by atoms with Gasteiger partial charge >= 0.3 is 17.9 Å². The fraction of sp³-hybridized carbons (Fsp3) is 0.615. The molecular formula is C13H20O6. The van der Waals surface area contributed by atoms with Crippen molar-refractivity contribution in [2.45, 2.75) is 33.1 Å². The van der Waals surface area contributed by atoms with E-state index in [0.29, 0.717) is 6.42 Å². The van der Waals surface area contributed by atoms with Crippen LogP contribution in [0.25, 0.3) is 0 Å². The van der Waals surface area contributed by atoms with Crippen LogP contribution in [0.3, 0.4) is 0 Å². The number of aliphatic carboxylic acids is 2. The fourth-order valence-corrected chi connectivity index (χ4v) is 1.91. The van der Waals surface area contributed by atoms with Crippen molar-refractivity contribution in [3.63, 3.8) is 0 Å². The van der Waals surface area contributed by atoms with E-state index in [2.05, 4.69) is 4.74 Å². The number of esters is 1. The van der Waals surface area contributed by atoms with Crippen molar-refractivity contribution in [2.75, 3.05) is 7.11 Å². The lowest BCUT2D eigenvalue weighted by atomic mass is 9.84. The Morgan fingerprint density at radius 1 is 1.16 bits per heavy atom. The molecule has 0 aliphatic carbocycles. The van der Waals surface area contributed by atoms with Crippen molar-refractivity contribution in [1.82, 2.24) is 0 Å². The molecule has 0 rings (SSSR count). The number of methoxy groups -OCH3 is 1. The van der Waals surface area contributed by atoms with E-state index in [9.17, 15) is 19.5 Å². The van der Waals surface area contributed by atoms with E-state index in [0.717, 1.165) is 0 Å². The molecule has 2 N–H and O–H groups in total. The normalized spacial score (nSPS) is 14.6. The fourth-order valence-electron chi connectivity index (χ4n) is 1.91. The number of carbonyl (C=O) groups excluding carboxylic acids is 1. The lowest BCUT2D eigenvalue weighted by Gasteiger charge is -2.20. The first-order valence-corrected chi connectivity index (χ1v) is 6.11. The summed E-state index contributed by atoms with van der Waals surface area (Å²) in [6.45, 7) is 3.43. The topological polar surface area (TPSA) is 101 Å². The van der Waals surface area contributed by atoms with Crippen LogP contribution in [0.5, 0.6) is 0 Å². The quantitative estimate of drug-likeness (QED) is 0.515. The van der Waals surface area contributed by atoms with Gasteiger partial charge in [-0.2, -0.15) is 0 Å². The van der Waals surface area contributed by atoms with E-state index in [1.807, 2.05) is 0 Å². The molecule has 2 atom stereocenters. The molecule has 0 aliphatic rings. The number of rotatable bonds is 8. The van der Waals surface area contributed by atoms with Gasteiger partial charge in [-0.15, -0.1) is 0 Å². The molecule has 0 amide bonds. The Balaban J connectivity index is 5.21. The average Bonchev–Trinajstić information content (AvgIpc) is 2.36. The number of carboxylic acids is 2. The van der Waals surface area contributed by atoms with Gasteiger partial charge in [0.2, 0.25) is 0 Å². The molecule has 0 aliphatic heterocycles. The highest BCUT2D eigenvalue weighted by Gasteiger charge is 2.34. The van der Waals surface area contributed by atoms with Crippen molar-refractivity contribution >= 4 is 17.9 Å². The summed E-state index contributed by atoms with van der Waals surface area (Å²) in [5.41, 5.74) is 0.0113. The van der Waals surface area contributed by atoms with Crippen molar-refractivity contribution in [2.24, 2.45) is 11.8 Å². The molecule has 0 aromatic rings. The van der Waals surface area contributed by atoms with Crippen molar-refractivity contribution in [3.8, 4) is 0 Å². The van der Waals surface area contributed by atoms with Gasteiger partial charge < -0.3 is 14.9 Å². The molecule has 0 aromatic heterocycles. The predicted octanol–water partition coefficient (Wildman–Crippen LogP) is 1.70. The van der Waals surface area contributed by atoms with Crippen molar-refractivity contribution < 1.29 is 29.3 Å². The molecule has 108 valence electrons. The molecular weight excluding hydrogens is 252 g/mol. The molecule has 19 heavy (non-hydrogen) atoms. The summed E-state index contributed by atoms with van der Waals surface area (Å²) in [6, 6.07) is 0. The number of hydrogen-bond acceptors (Lipinski definition) is 4. The molecule has 6 nitrogen and oxygen atoms in total. The molecule has 0 radical (unpaired) electrons. The first kappa shape index (κ1) is 17.2. The van der Waals surface area contributed by atoms with E-state index in [1.165, 1.54) is 13.2 Å². The maximum absolute atomic E-state index is 11.5. The highest BCUT2D eigenvalue weighted by molar-refractivity contribution is 5.88. The SMILES string of the molecule is CCC=C(CC(C(=O)O)C(CC)C(=O)OC)C(=O)O. The Labute approximate surface area is 112 Å². The lowest BCUT2D eigenvalue weighted by molar-refractivity contribution is -0.156. The van der Waals surface area contributed by atoms with Crippen LogP contribution in [0.4, 0.5) is 0 Å². The minimum atomic E-state index is -1.19. The van der Waals surface area contributed by atoms with E-state index in [4.69, 9.17) is 5.11 Å². The number of allylic oxidation sites excluding steroid dienone is 1. The van der Waals surface area contributed by atoms with Crippen LogP contribution in [0.15, 0.2) is 11.6 Å². The summed E-state index contributed by atoms with van der Waals surface area (Å²) in [5, 5.41) is 18.2. The van der Waals surface area contributed by atoms with E-state index < -0.39 is 29.7 Å². The standard InChI is InChI=1S/C13H20O6/c1-4-6-8(11(14)15)7-10(12(16)17)9(5-2)13(18)19-3/h6,9-10H,4-5,7H2,1-3H3,(H,14,15)(H,16,17). The Kier molecular flexibility index (Phi) is 7.48. The Bertz CT molecular complexity index is 371. The second-order valence-corrected chi connectivity index (χ2v) is 4.13. The molecule has 0 saturated heterocycles. The molecule has 6 heteroatoms. The second-order valence-electron chi connectivity index (χ2n) is 4.13. The van der Waals surface area contributed by atoms with Gasteiger partial charge in [-0.3, -0.25) is 9.59 Å². The van der Waals surface area contributed by atoms with Gasteiger partial charge in [-0.25, -0.2) is 4.79 Å². The first-order valence-electron chi connectivity index (χ1n) is 6.11. The van der Waals surface area contributed by atoms with Gasteiger partial charge in [-0.1, -0.05) is 19.9 Å². The molecule has 0 saturated carbocycles. The van der Waals surface area contributed by atoms with Crippen LogP contribution >= 0.6 is 0 Å². The highest BCUT2D eigenvalue weighted by Crippen LogP contribution is 2.25. The summed E-state index contributed by atoms with van der Waals surface area (Å²) < 4.78 is 4.57. The molecule has 0 aromatic carbocycles. The second kappa shape index (κ2) is 8.29. The summed E-state index contributed by atoms with van der Waals surface area (Å²) in [5.74, 6) is -4.92. The highest BCUT2D eigenvalue weighted by atomic mass is 16.5. The summed E-state index contributed by atoms with van der Waals surface area (Å²) in [6.07, 6.45) is 2.04. The van der Waals surface area contributed by atoms with E-state index >= 15 is 0 Å². The lowest BCUT2D eigenvalue weighted by Crippen LogP contribution is -2.31. The third kappa shape index (κ3) is 5.11. The average molecular weight is 272 g/mol. The minimum absolute atomic E-state index is 0.0113. The molecule has 0 spiro atoms. The van der Waals surface area contributed by atoms with Gasteiger partial charge in [0.25, 0.3) is 0 Å². The maximum atomic E-state index is 11.5. The smallest absolute Gasteiger partial charge is 0.331 e. The van der Waals surface area contributed by atoms with Gasteiger partial charge in [0.05, 0.1) is 18.9 Å². The van der Waals surface area contributed by atoms with Gasteiger partial charge in [0.1, 0.15) is 0 Å². The number of ether oxygens (including phenoxy) is 1. The summed E-state index contributed by atoms with van der Waals surface area (Å²) in [4.78, 5) is 33.8. The number of carboxylic acid groups (broad SMARTS) is 2. The Hall–Kier alpha value is -1.85. The number of carbonyl (C=O) groups is 3. The Morgan fingerprint density at radius 2 is 1.74 bits per heavy atom. The molecule has 0 bridgehead atoms. The monoisotopic (exact) mass is 272 g/mol. The summed E-state index contributed by atoms with van der Waals surface area (Å²) >= 11 is 0. The van der Waals surface area contributed by atoms with Gasteiger partial charge in [0.15, 0.2) is 0 Å². The zero-order chi connectivity index (χ0) is 15.0. The van der Waals surface area contributed by atoms with Gasteiger partial charge in [-0.05, 0) is 19.3 Å². The zero-order valence-corrected chi connectivity index (χ0v) is 11.4. The van der Waals surface area contributed by atoms with Crippen LogP contribution in [-0.4, -0.2) is 35.2 Å². The van der Waals surface area contributed by atoms with Crippen LogP contribution in [-0.2, 0) is 19.1 Å². The third-order valence-corrected chi connectivity index (χ3v) is 2.91. The van der Waals surface area contributed by atoms with E-state index in [1.54, 1.807) is 13.8 Å². The summed E-state index contributed by atoms with van der Waals surface area (Å²) in [7, 11) is 1.18.